The van der Waals surface area contributed by atoms with Crippen molar-refractivity contribution >= 4 is 29.2 Å². The van der Waals surface area contributed by atoms with Crippen molar-refractivity contribution in [1.29, 1.82) is 0 Å². The Balaban J connectivity index is 1.63. The number of hydrazone groups is 1. The lowest BCUT2D eigenvalue weighted by atomic mass is 9.94. The topological polar surface area (TPSA) is 56.9 Å². The van der Waals surface area contributed by atoms with E-state index in [1.165, 1.54) is 44.4 Å². The number of benzene rings is 1. The molecule has 8 heteroatoms. The summed E-state index contributed by atoms with van der Waals surface area (Å²) in [6, 6.07) is 3.06. The molecule has 0 amide bonds. The number of thiocarbonyl (C=S) groups is 1. The van der Waals surface area contributed by atoms with Gasteiger partial charge in [0.25, 0.3) is 0 Å². The molecule has 1 heterocycles. The predicted molar refractivity (Wildman–Crippen MR) is 105 cm³/mol. The predicted octanol–water partition coefficient (Wildman–Crippen LogP) is 2.59. The second-order valence-corrected chi connectivity index (χ2v) is 7.31. The molecule has 2 aliphatic rings. The molecule has 2 fully saturated rings. The van der Waals surface area contributed by atoms with Gasteiger partial charge >= 0.3 is 0 Å². The van der Waals surface area contributed by atoms with Gasteiger partial charge in [-0.3, -0.25) is 10.3 Å². The van der Waals surface area contributed by atoms with Crippen LogP contribution in [-0.4, -0.2) is 48.4 Å². The zero-order valence-corrected chi connectivity index (χ0v) is 15.6. The SMILES string of the molecule is NC(=S)N/N=C/c1cc(F)c(N2CCN(C3CCCCC3)CC2)cc1F. The van der Waals surface area contributed by atoms with E-state index in [0.29, 0.717) is 24.8 Å². The summed E-state index contributed by atoms with van der Waals surface area (Å²) < 4.78 is 28.8. The molecule has 1 aromatic carbocycles. The second kappa shape index (κ2) is 8.73. The van der Waals surface area contributed by atoms with Crippen LogP contribution in [0.5, 0.6) is 0 Å². The number of piperazine rings is 1. The lowest BCUT2D eigenvalue weighted by Crippen LogP contribution is -2.51. The highest BCUT2D eigenvalue weighted by molar-refractivity contribution is 7.80. The number of halogens is 2. The van der Waals surface area contributed by atoms with Gasteiger partial charge in [-0.15, -0.1) is 0 Å². The summed E-state index contributed by atoms with van der Waals surface area (Å²) in [7, 11) is 0. The fourth-order valence-electron chi connectivity index (χ4n) is 3.83. The zero-order chi connectivity index (χ0) is 18.5. The van der Waals surface area contributed by atoms with Gasteiger partial charge in [0.05, 0.1) is 11.9 Å². The molecule has 142 valence electrons. The van der Waals surface area contributed by atoms with E-state index in [2.05, 4.69) is 27.6 Å². The largest absolute Gasteiger partial charge is 0.375 e. The van der Waals surface area contributed by atoms with E-state index in [9.17, 15) is 8.78 Å². The first-order valence-corrected chi connectivity index (χ1v) is 9.52. The molecule has 3 rings (SSSR count). The maximum atomic E-state index is 14.5. The molecule has 1 saturated carbocycles. The smallest absolute Gasteiger partial charge is 0.184 e. The summed E-state index contributed by atoms with van der Waals surface area (Å²) in [4.78, 5) is 4.43. The van der Waals surface area contributed by atoms with Crippen molar-refractivity contribution in [3.8, 4) is 0 Å². The third kappa shape index (κ3) is 4.67. The van der Waals surface area contributed by atoms with Crippen molar-refractivity contribution < 1.29 is 8.78 Å². The number of nitrogens with one attached hydrogen (secondary N) is 1. The first kappa shape index (κ1) is 19.0. The van der Waals surface area contributed by atoms with Crippen molar-refractivity contribution in [1.82, 2.24) is 10.3 Å². The number of nitrogens with zero attached hydrogens (tertiary/aromatic N) is 3. The molecular formula is C18H25F2N5S. The molecule has 26 heavy (non-hydrogen) atoms. The standard InChI is InChI=1S/C18H25F2N5S/c19-15-11-17(16(20)10-13(15)12-22-23-18(21)26)25-8-6-24(7-9-25)14-4-2-1-3-5-14/h10-12,14H,1-9H2,(H3,21,23,26)/b22-12+. The van der Waals surface area contributed by atoms with Gasteiger partial charge in [-0.1, -0.05) is 19.3 Å². The van der Waals surface area contributed by atoms with Crippen molar-refractivity contribution in [2.45, 2.75) is 38.1 Å². The fraction of sp³-hybridized carbons (Fsp3) is 0.556. The molecule has 0 atom stereocenters. The van der Waals surface area contributed by atoms with E-state index < -0.39 is 11.6 Å². The normalized spacial score (nSPS) is 19.8. The van der Waals surface area contributed by atoms with E-state index in [4.69, 9.17) is 5.73 Å². The third-order valence-corrected chi connectivity index (χ3v) is 5.28. The number of hydrogen-bond donors (Lipinski definition) is 2. The van der Waals surface area contributed by atoms with Crippen LogP contribution in [0.4, 0.5) is 14.5 Å². The van der Waals surface area contributed by atoms with Crippen LogP contribution in [0.25, 0.3) is 0 Å². The van der Waals surface area contributed by atoms with E-state index in [0.717, 1.165) is 19.2 Å². The average Bonchev–Trinajstić information content (AvgIpc) is 2.65. The van der Waals surface area contributed by atoms with Crippen LogP contribution in [0, 0.1) is 11.6 Å². The highest BCUT2D eigenvalue weighted by Crippen LogP contribution is 2.27. The molecule has 0 spiro atoms. The van der Waals surface area contributed by atoms with Gasteiger partial charge in [-0.05, 0) is 31.1 Å². The molecule has 1 saturated heterocycles. The summed E-state index contributed by atoms with van der Waals surface area (Å²) in [5.41, 5.74) is 7.93. The summed E-state index contributed by atoms with van der Waals surface area (Å²) in [6.07, 6.45) is 7.63. The quantitative estimate of drug-likeness (QED) is 0.477. The van der Waals surface area contributed by atoms with E-state index in [1.54, 1.807) is 0 Å². The van der Waals surface area contributed by atoms with Crippen molar-refractivity contribution in [2.24, 2.45) is 10.8 Å². The minimum absolute atomic E-state index is 0.0328. The van der Waals surface area contributed by atoms with Gasteiger partial charge in [0.15, 0.2) is 5.11 Å². The monoisotopic (exact) mass is 381 g/mol. The van der Waals surface area contributed by atoms with Crippen LogP contribution in [0.1, 0.15) is 37.7 Å². The Labute approximate surface area is 158 Å². The summed E-state index contributed by atoms with van der Waals surface area (Å²) in [5, 5.41) is 3.65. The van der Waals surface area contributed by atoms with E-state index in [1.807, 2.05) is 4.90 Å². The van der Waals surface area contributed by atoms with Crippen LogP contribution in [0.15, 0.2) is 17.2 Å². The lowest BCUT2D eigenvalue weighted by Gasteiger charge is -2.41. The fourth-order valence-corrected chi connectivity index (χ4v) is 3.89. The molecule has 0 aromatic heterocycles. The summed E-state index contributed by atoms with van der Waals surface area (Å²) >= 11 is 4.61. The second-order valence-electron chi connectivity index (χ2n) is 6.87. The van der Waals surface area contributed by atoms with Gasteiger partial charge < -0.3 is 10.6 Å². The first-order chi connectivity index (χ1) is 12.5. The van der Waals surface area contributed by atoms with Crippen molar-refractivity contribution in [3.63, 3.8) is 0 Å². The highest BCUT2D eigenvalue weighted by Gasteiger charge is 2.26. The molecule has 1 aliphatic carbocycles. The number of rotatable bonds is 4. The maximum Gasteiger partial charge on any atom is 0.184 e. The minimum atomic E-state index is -0.524. The minimum Gasteiger partial charge on any atom is -0.375 e. The molecule has 0 radical (unpaired) electrons. The Hall–Kier alpha value is -1.80. The van der Waals surface area contributed by atoms with Crippen LogP contribution in [0.3, 0.4) is 0 Å². The molecule has 0 unspecified atom stereocenters. The number of nitrogens with two attached hydrogens (primary N) is 1. The van der Waals surface area contributed by atoms with Gasteiger partial charge in [0, 0.05) is 43.9 Å². The Morgan fingerprint density at radius 2 is 1.81 bits per heavy atom. The average molecular weight is 381 g/mol. The maximum absolute atomic E-state index is 14.5. The Morgan fingerprint density at radius 3 is 2.46 bits per heavy atom. The molecular weight excluding hydrogens is 356 g/mol. The van der Waals surface area contributed by atoms with E-state index >= 15 is 0 Å². The summed E-state index contributed by atoms with van der Waals surface area (Å²) in [6.45, 7) is 3.21. The van der Waals surface area contributed by atoms with E-state index in [-0.39, 0.29) is 10.7 Å². The molecule has 5 nitrogen and oxygen atoms in total. The van der Waals surface area contributed by atoms with Crippen LogP contribution in [0.2, 0.25) is 0 Å². The highest BCUT2D eigenvalue weighted by atomic mass is 32.1. The van der Waals surface area contributed by atoms with Gasteiger partial charge in [-0.25, -0.2) is 8.78 Å². The van der Waals surface area contributed by atoms with Gasteiger partial charge in [0.1, 0.15) is 11.6 Å². The van der Waals surface area contributed by atoms with Gasteiger partial charge in [-0.2, -0.15) is 5.10 Å². The molecule has 3 N–H and O–H groups in total. The third-order valence-electron chi connectivity index (χ3n) is 5.19. The first-order valence-electron chi connectivity index (χ1n) is 9.11. The molecule has 1 aromatic rings. The Bertz CT molecular complexity index is 668. The molecule has 1 aliphatic heterocycles. The number of hydrogen-bond acceptors (Lipinski definition) is 4. The Kier molecular flexibility index (Phi) is 6.37. The lowest BCUT2D eigenvalue weighted by molar-refractivity contribution is 0.147. The zero-order valence-electron chi connectivity index (χ0n) is 14.8. The van der Waals surface area contributed by atoms with Crippen molar-refractivity contribution in [2.75, 3.05) is 31.1 Å². The van der Waals surface area contributed by atoms with Crippen LogP contribution >= 0.6 is 12.2 Å². The Morgan fingerprint density at radius 1 is 1.12 bits per heavy atom. The summed E-state index contributed by atoms with van der Waals surface area (Å²) in [5.74, 6) is -0.973. The van der Waals surface area contributed by atoms with Crippen LogP contribution in [-0.2, 0) is 0 Å². The van der Waals surface area contributed by atoms with Gasteiger partial charge in [0.2, 0.25) is 0 Å². The number of anilines is 1. The van der Waals surface area contributed by atoms with Crippen molar-refractivity contribution in [3.05, 3.63) is 29.3 Å². The molecule has 0 bridgehead atoms. The van der Waals surface area contributed by atoms with Crippen LogP contribution < -0.4 is 16.1 Å².